The summed E-state index contributed by atoms with van der Waals surface area (Å²) in [6.45, 7) is 5.15. The second-order valence-electron chi connectivity index (χ2n) is 9.89. The van der Waals surface area contributed by atoms with Crippen molar-refractivity contribution in [1.29, 1.82) is 0 Å². The van der Waals surface area contributed by atoms with E-state index in [0.717, 1.165) is 5.46 Å². The first-order valence-electron chi connectivity index (χ1n) is 12.1. The van der Waals surface area contributed by atoms with Crippen molar-refractivity contribution in [1.82, 2.24) is 10.6 Å². The number of nitrogens with zero attached hydrogens (tertiary/aromatic N) is 1. The standard InChI is InChI=1S/C24H34BN3O10/c1-24(2)13-37-25(38-14-24)15-6-4-7-16(12-15)28(3)19(29)9-5-8-17(21(32)33)26-23(36)27-18(22(34)35)10-11-20(30)31/h4,6-7,12,17-18H,5,8-11,13-14H2,1-3H3,(H,30,31)(H,32,33)(H,34,35)(H2,26,27,36)/t17-,18-/m0/s1. The zero-order chi connectivity index (χ0) is 28.5. The number of carboxylic acid groups (broad SMARTS) is 3. The molecule has 1 fully saturated rings. The number of hydrogen-bond acceptors (Lipinski definition) is 7. The number of carbonyl (C=O) groups excluding carboxylic acids is 2. The predicted octanol–water partition coefficient (Wildman–Crippen LogP) is 0.658. The molecule has 1 aliphatic heterocycles. The van der Waals surface area contributed by atoms with E-state index in [2.05, 4.69) is 10.6 Å². The minimum atomic E-state index is -1.50. The Kier molecular flexibility index (Phi) is 11.1. The van der Waals surface area contributed by atoms with Crippen molar-refractivity contribution >= 4 is 48.1 Å². The molecule has 0 aliphatic carbocycles. The van der Waals surface area contributed by atoms with E-state index < -0.39 is 49.6 Å². The molecule has 5 N–H and O–H groups in total. The number of carboxylic acids is 3. The summed E-state index contributed by atoms with van der Waals surface area (Å²) < 4.78 is 11.6. The topological polar surface area (TPSA) is 192 Å². The van der Waals surface area contributed by atoms with Crippen LogP contribution < -0.4 is 21.0 Å². The summed E-state index contributed by atoms with van der Waals surface area (Å²) in [5.74, 6) is -4.32. The maximum atomic E-state index is 12.7. The average molecular weight is 535 g/mol. The summed E-state index contributed by atoms with van der Waals surface area (Å²) in [5, 5.41) is 31.5. The number of anilines is 1. The van der Waals surface area contributed by atoms with Gasteiger partial charge in [-0.2, -0.15) is 0 Å². The van der Waals surface area contributed by atoms with Crippen LogP contribution >= 0.6 is 0 Å². The van der Waals surface area contributed by atoms with Crippen LogP contribution in [0.25, 0.3) is 0 Å². The molecule has 13 nitrogen and oxygen atoms in total. The van der Waals surface area contributed by atoms with E-state index in [9.17, 15) is 29.1 Å². The van der Waals surface area contributed by atoms with Crippen LogP contribution in [0.5, 0.6) is 0 Å². The molecule has 0 saturated carbocycles. The maximum Gasteiger partial charge on any atom is 0.493 e. The molecule has 2 atom stereocenters. The molecule has 38 heavy (non-hydrogen) atoms. The van der Waals surface area contributed by atoms with Gasteiger partial charge >= 0.3 is 31.1 Å². The van der Waals surface area contributed by atoms with Gasteiger partial charge < -0.3 is 40.2 Å². The number of amides is 3. The summed E-state index contributed by atoms with van der Waals surface area (Å²) in [7, 11) is 1.06. The zero-order valence-corrected chi connectivity index (χ0v) is 21.6. The minimum absolute atomic E-state index is 0.00517. The van der Waals surface area contributed by atoms with Crippen molar-refractivity contribution in [3.05, 3.63) is 24.3 Å². The van der Waals surface area contributed by atoms with Crippen LogP contribution in [0.2, 0.25) is 0 Å². The molecule has 1 aliphatic rings. The number of benzene rings is 1. The number of aliphatic carboxylic acids is 3. The fraction of sp³-hybridized carbons (Fsp3) is 0.542. The monoisotopic (exact) mass is 535 g/mol. The van der Waals surface area contributed by atoms with Crippen molar-refractivity contribution in [2.75, 3.05) is 25.2 Å². The normalized spacial score (nSPS) is 16.1. The summed E-state index contributed by atoms with van der Waals surface area (Å²) >= 11 is 0. The Bertz CT molecular complexity index is 1020. The lowest BCUT2D eigenvalue weighted by Crippen LogP contribution is -2.51. The number of urea groups is 1. The molecule has 0 bridgehead atoms. The highest BCUT2D eigenvalue weighted by molar-refractivity contribution is 6.61. The second-order valence-corrected chi connectivity index (χ2v) is 9.89. The largest absolute Gasteiger partial charge is 0.493 e. The Morgan fingerprint density at radius 3 is 2.11 bits per heavy atom. The van der Waals surface area contributed by atoms with E-state index >= 15 is 0 Å². The van der Waals surface area contributed by atoms with Crippen LogP contribution in [-0.2, 0) is 28.5 Å². The summed E-state index contributed by atoms with van der Waals surface area (Å²) in [4.78, 5) is 59.7. The van der Waals surface area contributed by atoms with Crippen molar-refractivity contribution in [3.63, 3.8) is 0 Å². The number of nitrogens with one attached hydrogen (secondary N) is 2. The maximum absolute atomic E-state index is 12.7. The lowest BCUT2D eigenvalue weighted by Gasteiger charge is -2.33. The fourth-order valence-corrected chi connectivity index (χ4v) is 3.67. The zero-order valence-electron chi connectivity index (χ0n) is 21.6. The van der Waals surface area contributed by atoms with Gasteiger partial charge in [0.2, 0.25) is 5.91 Å². The highest BCUT2D eigenvalue weighted by atomic mass is 16.6. The van der Waals surface area contributed by atoms with E-state index in [-0.39, 0.29) is 37.0 Å². The first kappa shape index (κ1) is 30.6. The third-order valence-electron chi connectivity index (χ3n) is 5.89. The van der Waals surface area contributed by atoms with Crippen molar-refractivity contribution in [2.24, 2.45) is 5.41 Å². The molecular formula is C24H34BN3O10. The van der Waals surface area contributed by atoms with E-state index in [4.69, 9.17) is 19.5 Å². The molecule has 0 unspecified atom stereocenters. The Morgan fingerprint density at radius 2 is 1.55 bits per heavy atom. The van der Waals surface area contributed by atoms with Gasteiger partial charge in [0, 0.05) is 44.2 Å². The molecule has 1 heterocycles. The smallest absolute Gasteiger partial charge is 0.481 e. The van der Waals surface area contributed by atoms with Crippen LogP contribution in [0.15, 0.2) is 24.3 Å². The SMILES string of the molecule is CN(C(=O)CCC[C@H](NC(=O)N[C@@H](CCC(=O)O)C(=O)O)C(=O)O)c1cccc(B2OCC(C)(C)CO2)c1. The van der Waals surface area contributed by atoms with E-state index in [1.54, 1.807) is 25.2 Å². The van der Waals surface area contributed by atoms with Gasteiger partial charge in [0.05, 0.1) is 0 Å². The van der Waals surface area contributed by atoms with Gasteiger partial charge in [0.25, 0.3) is 0 Å². The molecule has 0 aromatic heterocycles. The van der Waals surface area contributed by atoms with Gasteiger partial charge in [-0.05, 0) is 36.9 Å². The molecule has 3 amide bonds. The van der Waals surface area contributed by atoms with E-state index in [0.29, 0.717) is 18.9 Å². The molecular weight excluding hydrogens is 501 g/mol. The second kappa shape index (κ2) is 13.8. The minimum Gasteiger partial charge on any atom is -0.481 e. The van der Waals surface area contributed by atoms with Crippen LogP contribution in [0, 0.1) is 5.41 Å². The van der Waals surface area contributed by atoms with Crippen LogP contribution in [-0.4, -0.2) is 84.6 Å². The van der Waals surface area contributed by atoms with E-state index in [1.165, 1.54) is 4.90 Å². The molecule has 2 rings (SSSR count). The number of rotatable bonds is 13. The first-order valence-corrected chi connectivity index (χ1v) is 12.1. The van der Waals surface area contributed by atoms with Gasteiger partial charge in [-0.15, -0.1) is 0 Å². The van der Waals surface area contributed by atoms with Crippen LogP contribution in [0.3, 0.4) is 0 Å². The summed E-state index contributed by atoms with van der Waals surface area (Å²) in [6.07, 6.45) is -0.819. The van der Waals surface area contributed by atoms with Crippen LogP contribution in [0.1, 0.15) is 46.0 Å². The fourth-order valence-electron chi connectivity index (χ4n) is 3.67. The number of hydrogen-bond donors (Lipinski definition) is 5. The highest BCUT2D eigenvalue weighted by Gasteiger charge is 2.33. The molecule has 0 spiro atoms. The van der Waals surface area contributed by atoms with Gasteiger partial charge in [-0.25, -0.2) is 14.4 Å². The van der Waals surface area contributed by atoms with Crippen molar-refractivity contribution in [2.45, 2.75) is 58.0 Å². The quantitative estimate of drug-likeness (QED) is 0.224. The third-order valence-corrected chi connectivity index (χ3v) is 5.89. The lowest BCUT2D eigenvalue weighted by atomic mass is 9.76. The molecule has 1 aromatic carbocycles. The van der Waals surface area contributed by atoms with Crippen LogP contribution in [0.4, 0.5) is 10.5 Å². The summed E-state index contributed by atoms with van der Waals surface area (Å²) in [5.41, 5.74) is 1.29. The number of carbonyl (C=O) groups is 5. The molecule has 1 aromatic rings. The third kappa shape index (κ3) is 9.67. The Balaban J connectivity index is 1.88. The lowest BCUT2D eigenvalue weighted by molar-refractivity contribution is -0.140. The van der Waals surface area contributed by atoms with Gasteiger partial charge in [0.1, 0.15) is 12.1 Å². The molecule has 14 heteroatoms. The van der Waals surface area contributed by atoms with Gasteiger partial charge in [-0.3, -0.25) is 9.59 Å². The molecule has 208 valence electrons. The van der Waals surface area contributed by atoms with Crippen molar-refractivity contribution in [3.8, 4) is 0 Å². The molecule has 1 saturated heterocycles. The highest BCUT2D eigenvalue weighted by Crippen LogP contribution is 2.22. The Labute approximate surface area is 220 Å². The Morgan fingerprint density at radius 1 is 0.974 bits per heavy atom. The predicted molar refractivity (Wildman–Crippen MR) is 136 cm³/mol. The first-order chi connectivity index (χ1) is 17.8. The van der Waals surface area contributed by atoms with Gasteiger partial charge in [0.15, 0.2) is 0 Å². The van der Waals surface area contributed by atoms with E-state index in [1.807, 2.05) is 19.9 Å². The van der Waals surface area contributed by atoms with Gasteiger partial charge in [-0.1, -0.05) is 26.0 Å². The molecule has 0 radical (unpaired) electrons. The Hall–Kier alpha value is -3.65. The summed E-state index contributed by atoms with van der Waals surface area (Å²) in [6, 6.07) is 3.23. The van der Waals surface area contributed by atoms with Crippen molar-refractivity contribution < 1.29 is 48.6 Å². The average Bonchev–Trinajstić information content (AvgIpc) is 2.85.